The summed E-state index contributed by atoms with van der Waals surface area (Å²) < 4.78 is 30.5. The van der Waals surface area contributed by atoms with Crippen molar-refractivity contribution in [3.63, 3.8) is 0 Å². The number of nitrogens with one attached hydrogen (secondary N) is 3. The summed E-state index contributed by atoms with van der Waals surface area (Å²) in [5.41, 5.74) is 2.31. The summed E-state index contributed by atoms with van der Waals surface area (Å²) in [6.45, 7) is 3.01. The molecular weight excluding hydrogens is 571 g/mol. The van der Waals surface area contributed by atoms with E-state index in [4.69, 9.17) is 10.1 Å². The molecule has 2 aliphatic carbocycles. The number of hydrogen-bond donors (Lipinski definition) is 4. The fourth-order valence-corrected chi connectivity index (χ4v) is 7.21. The zero-order valence-electron chi connectivity index (χ0n) is 24.4. The molecule has 0 radical (unpaired) electrons. The number of benzene rings is 1. The van der Waals surface area contributed by atoms with Crippen LogP contribution in [0.1, 0.15) is 90.0 Å². The summed E-state index contributed by atoms with van der Waals surface area (Å²) in [4.78, 5) is 21.8. The second-order valence-electron chi connectivity index (χ2n) is 11.5. The molecule has 0 unspecified atom stereocenters. The molecule has 1 amide bonds. The number of sulfonamides is 1. The smallest absolute Gasteiger partial charge is 0.240 e. The van der Waals surface area contributed by atoms with Crippen molar-refractivity contribution in [3.05, 3.63) is 30.5 Å². The minimum atomic E-state index is -3.76. The Labute approximate surface area is 254 Å². The molecule has 42 heavy (non-hydrogen) atoms. The number of nitrogens with zero attached hydrogens (tertiary/aromatic N) is 4. The molecule has 0 saturated heterocycles. The molecule has 2 heterocycles. The molecule has 2 fully saturated rings. The molecule has 12 heteroatoms. The highest BCUT2D eigenvalue weighted by Crippen LogP contribution is 2.36. The summed E-state index contributed by atoms with van der Waals surface area (Å²) in [5, 5.41) is 12.6. The van der Waals surface area contributed by atoms with Gasteiger partial charge in [0, 0.05) is 42.6 Å². The molecule has 0 spiro atoms. The molecule has 5 rings (SSSR count). The highest BCUT2D eigenvalue weighted by atomic mass is 32.2. The van der Waals surface area contributed by atoms with Crippen molar-refractivity contribution in [2.45, 2.75) is 106 Å². The van der Waals surface area contributed by atoms with Crippen LogP contribution in [0.25, 0.3) is 22.3 Å². The number of anilines is 1. The summed E-state index contributed by atoms with van der Waals surface area (Å²) in [6, 6.07) is 7.14. The average Bonchev–Trinajstić information content (AvgIpc) is 3.37. The lowest BCUT2D eigenvalue weighted by molar-refractivity contribution is -0.121. The first-order chi connectivity index (χ1) is 20.3. The monoisotopic (exact) mass is 613 g/mol. The second kappa shape index (κ2) is 14.2. The van der Waals surface area contributed by atoms with Gasteiger partial charge in [-0.25, -0.2) is 22.8 Å². The maximum atomic E-state index is 13.0. The van der Waals surface area contributed by atoms with Crippen LogP contribution in [0.15, 0.2) is 35.4 Å². The number of thiol groups is 1. The van der Waals surface area contributed by atoms with Crippen LogP contribution in [0.2, 0.25) is 0 Å². The van der Waals surface area contributed by atoms with Gasteiger partial charge in [0.15, 0.2) is 5.65 Å². The molecule has 2 aliphatic rings. The first kappa shape index (κ1) is 30.7. The van der Waals surface area contributed by atoms with Crippen molar-refractivity contribution in [2.24, 2.45) is 0 Å². The van der Waals surface area contributed by atoms with Crippen molar-refractivity contribution >= 4 is 45.5 Å². The van der Waals surface area contributed by atoms with E-state index in [0.29, 0.717) is 11.2 Å². The van der Waals surface area contributed by atoms with Gasteiger partial charge in [0.25, 0.3) is 0 Å². The second-order valence-corrected chi connectivity index (χ2v) is 14.0. The number of amides is 1. The maximum Gasteiger partial charge on any atom is 0.240 e. The minimum absolute atomic E-state index is 0.0537. The summed E-state index contributed by atoms with van der Waals surface area (Å²) in [6.07, 6.45) is 13.5. The number of unbranched alkanes of at least 4 members (excludes halogenated alkanes) is 1. The molecule has 228 valence electrons. The van der Waals surface area contributed by atoms with E-state index in [1.54, 1.807) is 24.3 Å². The van der Waals surface area contributed by atoms with Crippen molar-refractivity contribution < 1.29 is 13.2 Å². The van der Waals surface area contributed by atoms with Crippen LogP contribution in [-0.2, 0) is 14.8 Å². The minimum Gasteiger partial charge on any atom is -0.354 e. The van der Waals surface area contributed by atoms with E-state index in [9.17, 15) is 13.2 Å². The summed E-state index contributed by atoms with van der Waals surface area (Å²) >= 11 is 4.67. The van der Waals surface area contributed by atoms with E-state index in [2.05, 4.69) is 39.9 Å². The SMILES string of the molecule is CCCCNc1ncc2c(-c3ccc(S(=O)(=O)NCCC(=O)NC4CCCCC4)cc3)nn(C3CCC(S)CC3)c2n1. The number of carbonyl (C=O) groups is 1. The fraction of sp³-hybridized carbons (Fsp3) is 0.600. The van der Waals surface area contributed by atoms with E-state index in [1.807, 2.05) is 10.9 Å². The van der Waals surface area contributed by atoms with Gasteiger partial charge in [-0.1, -0.05) is 44.7 Å². The molecule has 1 aromatic carbocycles. The largest absolute Gasteiger partial charge is 0.354 e. The summed E-state index contributed by atoms with van der Waals surface area (Å²) in [5.74, 6) is 0.475. The van der Waals surface area contributed by atoms with Gasteiger partial charge in [-0.3, -0.25) is 4.79 Å². The predicted molar refractivity (Wildman–Crippen MR) is 169 cm³/mol. The van der Waals surface area contributed by atoms with Crippen LogP contribution in [0.5, 0.6) is 0 Å². The highest BCUT2D eigenvalue weighted by Gasteiger charge is 2.26. The molecule has 0 aliphatic heterocycles. The van der Waals surface area contributed by atoms with Gasteiger partial charge in [0.05, 0.1) is 16.3 Å². The number of carbonyl (C=O) groups excluding carboxylic acids is 1. The standard InChI is InChI=1S/C30H43N7O3S2/c1-2-3-18-31-30-32-20-26-28(36-37(29(26)35-30)23-11-13-24(41)14-12-23)21-9-15-25(16-10-21)42(39,40)33-19-17-27(38)34-22-7-5-4-6-8-22/h9-10,15-16,20,22-24,33,41H,2-8,11-14,17-19H2,1H3,(H,34,38)(H,31,32,35). The van der Waals surface area contributed by atoms with Crippen molar-refractivity contribution in [1.29, 1.82) is 0 Å². The molecule has 0 bridgehead atoms. The topological polar surface area (TPSA) is 131 Å². The Morgan fingerprint density at radius 2 is 1.76 bits per heavy atom. The average molecular weight is 614 g/mol. The lowest BCUT2D eigenvalue weighted by atomic mass is 9.95. The lowest BCUT2D eigenvalue weighted by Gasteiger charge is -2.26. The third kappa shape index (κ3) is 7.62. The number of hydrogen-bond acceptors (Lipinski definition) is 8. The van der Waals surface area contributed by atoms with Crippen LogP contribution in [0, 0.1) is 0 Å². The molecule has 0 atom stereocenters. The third-order valence-electron chi connectivity index (χ3n) is 8.33. The van der Waals surface area contributed by atoms with Crippen molar-refractivity contribution in [2.75, 3.05) is 18.4 Å². The summed E-state index contributed by atoms with van der Waals surface area (Å²) in [7, 11) is -3.76. The molecular formula is C30H43N7O3S2. The zero-order valence-corrected chi connectivity index (χ0v) is 26.1. The number of rotatable bonds is 12. The molecule has 2 saturated carbocycles. The van der Waals surface area contributed by atoms with Crippen LogP contribution >= 0.6 is 12.6 Å². The van der Waals surface area contributed by atoms with Gasteiger partial charge >= 0.3 is 0 Å². The number of aromatic nitrogens is 4. The first-order valence-corrected chi connectivity index (χ1v) is 17.4. The van der Waals surface area contributed by atoms with Gasteiger partial charge < -0.3 is 10.6 Å². The first-order valence-electron chi connectivity index (χ1n) is 15.4. The van der Waals surface area contributed by atoms with E-state index in [0.717, 1.165) is 93.0 Å². The van der Waals surface area contributed by atoms with Gasteiger partial charge in [0.2, 0.25) is 21.9 Å². The Kier molecular flexibility index (Phi) is 10.4. The zero-order chi connectivity index (χ0) is 29.5. The molecule has 2 aromatic heterocycles. The van der Waals surface area contributed by atoms with Crippen molar-refractivity contribution in [1.82, 2.24) is 29.8 Å². The Bertz CT molecular complexity index is 1450. The van der Waals surface area contributed by atoms with Gasteiger partial charge in [-0.2, -0.15) is 22.7 Å². The highest BCUT2D eigenvalue weighted by molar-refractivity contribution is 7.89. The van der Waals surface area contributed by atoms with E-state index < -0.39 is 10.0 Å². The van der Waals surface area contributed by atoms with Crippen LogP contribution in [0.4, 0.5) is 5.95 Å². The Balaban J connectivity index is 1.30. The third-order valence-corrected chi connectivity index (χ3v) is 10.3. The fourth-order valence-electron chi connectivity index (χ4n) is 5.88. The lowest BCUT2D eigenvalue weighted by Crippen LogP contribution is -2.38. The van der Waals surface area contributed by atoms with E-state index in [1.165, 1.54) is 6.42 Å². The van der Waals surface area contributed by atoms with Crippen LogP contribution in [0.3, 0.4) is 0 Å². The quantitative estimate of drug-likeness (QED) is 0.162. The molecule has 10 nitrogen and oxygen atoms in total. The van der Waals surface area contributed by atoms with E-state index >= 15 is 0 Å². The van der Waals surface area contributed by atoms with Crippen LogP contribution in [-0.4, -0.2) is 58.5 Å². The van der Waals surface area contributed by atoms with Gasteiger partial charge in [0.1, 0.15) is 5.69 Å². The Morgan fingerprint density at radius 3 is 2.48 bits per heavy atom. The number of fused-ring (bicyclic) bond motifs is 1. The van der Waals surface area contributed by atoms with Gasteiger partial charge in [-0.05, 0) is 57.1 Å². The van der Waals surface area contributed by atoms with Gasteiger partial charge in [-0.15, -0.1) is 0 Å². The maximum absolute atomic E-state index is 13.0. The van der Waals surface area contributed by atoms with Crippen LogP contribution < -0.4 is 15.4 Å². The van der Waals surface area contributed by atoms with E-state index in [-0.39, 0.29) is 35.9 Å². The molecule has 3 aromatic rings. The van der Waals surface area contributed by atoms with Crippen molar-refractivity contribution in [3.8, 4) is 11.3 Å². The Morgan fingerprint density at radius 1 is 1.02 bits per heavy atom. The normalized spacial score (nSPS) is 20.0. The Hall–Kier alpha value is -2.70. The molecule has 3 N–H and O–H groups in total. The predicted octanol–water partition coefficient (Wildman–Crippen LogP) is 5.24.